The average Bonchev–Trinajstić information content (AvgIpc) is 3.10. The normalized spacial score (nSPS) is 18.8. The predicted molar refractivity (Wildman–Crippen MR) is 120 cm³/mol. The highest BCUT2D eigenvalue weighted by atomic mass is 35.5. The predicted octanol–water partition coefficient (Wildman–Crippen LogP) is 2.30. The van der Waals surface area contributed by atoms with Gasteiger partial charge in [-0.3, -0.25) is 14.5 Å². The summed E-state index contributed by atoms with van der Waals surface area (Å²) in [5.41, 5.74) is 13.2. The van der Waals surface area contributed by atoms with E-state index in [1.165, 1.54) is 17.3 Å². The average molecular weight is 435 g/mol. The number of para-hydroxylation sites is 1. The number of hydrogen-bond donors (Lipinski definition) is 3. The summed E-state index contributed by atoms with van der Waals surface area (Å²) >= 11 is 1.32. The number of carbonyl (C=O) groups is 2. The van der Waals surface area contributed by atoms with Gasteiger partial charge in [0.25, 0.3) is 0 Å². The number of anilines is 1. The van der Waals surface area contributed by atoms with E-state index in [1.54, 1.807) is 0 Å². The number of hydrogen-bond acceptors (Lipinski definition) is 5. The molecular formula is C21H27ClN4O2S. The van der Waals surface area contributed by atoms with Gasteiger partial charge >= 0.3 is 0 Å². The third kappa shape index (κ3) is 6.47. The lowest BCUT2D eigenvalue weighted by Gasteiger charge is -2.17. The maximum atomic E-state index is 12.6. The van der Waals surface area contributed by atoms with Crippen molar-refractivity contribution in [2.24, 2.45) is 17.4 Å². The van der Waals surface area contributed by atoms with Gasteiger partial charge in [0, 0.05) is 23.9 Å². The van der Waals surface area contributed by atoms with Crippen molar-refractivity contribution in [3.05, 3.63) is 60.2 Å². The third-order valence-electron chi connectivity index (χ3n) is 4.95. The second-order valence-corrected chi connectivity index (χ2v) is 8.02. The maximum absolute atomic E-state index is 12.6. The van der Waals surface area contributed by atoms with Crippen molar-refractivity contribution in [1.29, 1.82) is 0 Å². The van der Waals surface area contributed by atoms with Crippen LogP contribution in [0.1, 0.15) is 11.5 Å². The highest BCUT2D eigenvalue weighted by Crippen LogP contribution is 2.32. The zero-order valence-electron chi connectivity index (χ0n) is 16.1. The molecule has 1 aliphatic rings. The molecule has 29 heavy (non-hydrogen) atoms. The number of likely N-dealkylation sites (tertiary alicyclic amines) is 1. The highest BCUT2D eigenvalue weighted by molar-refractivity contribution is 8.00. The van der Waals surface area contributed by atoms with Crippen LogP contribution >= 0.6 is 24.2 Å². The van der Waals surface area contributed by atoms with Crippen LogP contribution in [-0.4, -0.2) is 48.6 Å². The standard InChI is InChI=1S/C21H26N4O2S.ClH/c22-10-16-11-25(12-17(16)15-6-2-1-3-7-15)13-21(27)24-18-8-4-5-9-19(18)28-14-20(23)26;/h1-9,16-17H,10-14,22H2,(H2,23,26)(H,24,27);1H/t16-,17+;/m1./s1. The maximum Gasteiger partial charge on any atom is 0.238 e. The molecule has 1 fully saturated rings. The number of benzene rings is 2. The quantitative estimate of drug-likeness (QED) is 0.553. The van der Waals surface area contributed by atoms with Crippen LogP contribution < -0.4 is 16.8 Å². The Labute approximate surface area is 181 Å². The van der Waals surface area contributed by atoms with E-state index < -0.39 is 0 Å². The Morgan fingerprint density at radius 3 is 2.45 bits per heavy atom. The number of halogens is 1. The molecule has 2 atom stereocenters. The molecular weight excluding hydrogens is 408 g/mol. The lowest BCUT2D eigenvalue weighted by atomic mass is 9.89. The Bertz CT molecular complexity index is 821. The van der Waals surface area contributed by atoms with Gasteiger partial charge in [-0.2, -0.15) is 0 Å². The summed E-state index contributed by atoms with van der Waals surface area (Å²) < 4.78 is 0. The molecule has 2 aromatic carbocycles. The summed E-state index contributed by atoms with van der Waals surface area (Å²) in [4.78, 5) is 26.6. The van der Waals surface area contributed by atoms with Gasteiger partial charge in [0.15, 0.2) is 0 Å². The van der Waals surface area contributed by atoms with Crippen molar-refractivity contribution in [3.8, 4) is 0 Å². The second kappa shape index (κ2) is 11.2. The van der Waals surface area contributed by atoms with Crippen molar-refractivity contribution >= 4 is 41.7 Å². The molecule has 0 radical (unpaired) electrons. The van der Waals surface area contributed by atoms with Crippen molar-refractivity contribution in [1.82, 2.24) is 4.90 Å². The SMILES string of the molecule is Cl.NC[C@@H]1CN(CC(=O)Nc2ccccc2SCC(N)=O)C[C@H]1c1ccccc1. The molecule has 2 amide bonds. The highest BCUT2D eigenvalue weighted by Gasteiger charge is 2.33. The van der Waals surface area contributed by atoms with E-state index in [-0.39, 0.29) is 30.0 Å². The smallest absolute Gasteiger partial charge is 0.238 e. The van der Waals surface area contributed by atoms with Gasteiger partial charge < -0.3 is 16.8 Å². The van der Waals surface area contributed by atoms with Crippen LogP contribution in [0, 0.1) is 5.92 Å². The zero-order chi connectivity index (χ0) is 19.9. The number of carbonyl (C=O) groups excluding carboxylic acids is 2. The summed E-state index contributed by atoms with van der Waals surface area (Å²) in [6.45, 7) is 2.54. The van der Waals surface area contributed by atoms with Crippen LogP contribution in [0.5, 0.6) is 0 Å². The van der Waals surface area contributed by atoms with Gasteiger partial charge in [0.1, 0.15) is 0 Å². The fourth-order valence-corrected chi connectivity index (χ4v) is 4.39. The van der Waals surface area contributed by atoms with Gasteiger partial charge in [-0.25, -0.2) is 0 Å². The summed E-state index contributed by atoms with van der Waals surface area (Å²) in [6.07, 6.45) is 0. The van der Waals surface area contributed by atoms with Gasteiger partial charge in [-0.15, -0.1) is 24.2 Å². The van der Waals surface area contributed by atoms with Crippen molar-refractivity contribution in [2.45, 2.75) is 10.8 Å². The molecule has 0 unspecified atom stereocenters. The first-order valence-corrected chi connectivity index (χ1v) is 10.3. The molecule has 8 heteroatoms. The number of primary amides is 1. The van der Waals surface area contributed by atoms with E-state index in [4.69, 9.17) is 11.5 Å². The van der Waals surface area contributed by atoms with Crippen LogP contribution in [0.4, 0.5) is 5.69 Å². The summed E-state index contributed by atoms with van der Waals surface area (Å²) in [6, 6.07) is 17.8. The Hall–Kier alpha value is -2.06. The van der Waals surface area contributed by atoms with Crippen molar-refractivity contribution in [3.63, 3.8) is 0 Å². The van der Waals surface area contributed by atoms with Crippen LogP contribution in [0.25, 0.3) is 0 Å². The van der Waals surface area contributed by atoms with E-state index >= 15 is 0 Å². The number of rotatable bonds is 8. The number of nitrogens with two attached hydrogens (primary N) is 2. The number of nitrogens with zero attached hydrogens (tertiary/aromatic N) is 1. The monoisotopic (exact) mass is 434 g/mol. The van der Waals surface area contributed by atoms with E-state index in [9.17, 15) is 9.59 Å². The zero-order valence-corrected chi connectivity index (χ0v) is 17.8. The molecule has 2 aromatic rings. The van der Waals surface area contributed by atoms with Gasteiger partial charge in [0.05, 0.1) is 18.0 Å². The summed E-state index contributed by atoms with van der Waals surface area (Å²) in [7, 11) is 0. The van der Waals surface area contributed by atoms with Gasteiger partial charge in [-0.1, -0.05) is 42.5 Å². The largest absolute Gasteiger partial charge is 0.369 e. The molecule has 0 aromatic heterocycles. The van der Waals surface area contributed by atoms with Gasteiger partial charge in [0.2, 0.25) is 11.8 Å². The number of thioether (sulfide) groups is 1. The first kappa shape index (κ1) is 23.2. The fourth-order valence-electron chi connectivity index (χ4n) is 3.64. The molecule has 156 valence electrons. The Kier molecular flexibility index (Phi) is 8.98. The Balaban J connectivity index is 0.00000300. The summed E-state index contributed by atoms with van der Waals surface area (Å²) in [5.74, 6) is 0.404. The van der Waals surface area contributed by atoms with Crippen LogP contribution in [0.15, 0.2) is 59.5 Å². The minimum absolute atomic E-state index is 0. The Morgan fingerprint density at radius 2 is 1.76 bits per heavy atom. The van der Waals surface area contributed by atoms with Crippen molar-refractivity contribution in [2.75, 3.05) is 37.2 Å². The Morgan fingerprint density at radius 1 is 1.07 bits per heavy atom. The molecule has 1 heterocycles. The molecule has 0 saturated carbocycles. The minimum Gasteiger partial charge on any atom is -0.369 e. The molecule has 1 saturated heterocycles. The van der Waals surface area contributed by atoms with E-state index in [2.05, 4.69) is 22.3 Å². The third-order valence-corrected chi connectivity index (χ3v) is 6.04. The first-order chi connectivity index (χ1) is 13.6. The number of amides is 2. The van der Waals surface area contributed by atoms with Crippen LogP contribution in [0.2, 0.25) is 0 Å². The van der Waals surface area contributed by atoms with E-state index in [0.717, 1.165) is 18.0 Å². The molecule has 0 bridgehead atoms. The van der Waals surface area contributed by atoms with Gasteiger partial charge in [-0.05, 0) is 30.2 Å². The topological polar surface area (TPSA) is 101 Å². The fraction of sp³-hybridized carbons (Fsp3) is 0.333. The molecule has 6 nitrogen and oxygen atoms in total. The minimum atomic E-state index is -0.386. The lowest BCUT2D eigenvalue weighted by molar-refractivity contribution is -0.117. The lowest BCUT2D eigenvalue weighted by Crippen LogP contribution is -2.32. The van der Waals surface area contributed by atoms with E-state index in [0.29, 0.717) is 30.6 Å². The molecule has 5 N–H and O–H groups in total. The molecule has 3 rings (SSSR count). The number of nitrogens with one attached hydrogen (secondary N) is 1. The summed E-state index contributed by atoms with van der Waals surface area (Å²) in [5, 5.41) is 2.96. The molecule has 1 aliphatic heterocycles. The van der Waals surface area contributed by atoms with Crippen molar-refractivity contribution < 1.29 is 9.59 Å². The molecule has 0 aliphatic carbocycles. The first-order valence-electron chi connectivity index (χ1n) is 9.34. The molecule has 0 spiro atoms. The van der Waals surface area contributed by atoms with E-state index in [1.807, 2.05) is 42.5 Å². The van der Waals surface area contributed by atoms with Crippen LogP contribution in [0.3, 0.4) is 0 Å². The van der Waals surface area contributed by atoms with Crippen LogP contribution in [-0.2, 0) is 9.59 Å². The second-order valence-electron chi connectivity index (χ2n) is 7.01.